The minimum atomic E-state index is 0.805. The van der Waals surface area contributed by atoms with Crippen molar-refractivity contribution in [3.05, 3.63) is 35.4 Å². The lowest BCUT2D eigenvalue weighted by Gasteiger charge is -2.12. The third kappa shape index (κ3) is 3.07. The molecule has 0 aliphatic carbocycles. The number of rotatable bonds is 5. The number of hydrogen-bond acceptors (Lipinski definition) is 4. The standard InChI is InChI=1S/C16H21N3O/c1-5-8-17-15-7-6-13(18-19-15)16-12(3)9-11(2)10-14(16)20-4/h6-7,9-10H,5,8H2,1-4H3,(H,17,19). The van der Waals surface area contributed by atoms with E-state index in [4.69, 9.17) is 4.74 Å². The molecule has 0 radical (unpaired) electrons. The zero-order valence-electron chi connectivity index (χ0n) is 12.5. The molecule has 0 saturated heterocycles. The highest BCUT2D eigenvalue weighted by Crippen LogP contribution is 2.32. The van der Waals surface area contributed by atoms with Crippen molar-refractivity contribution in [3.8, 4) is 17.0 Å². The summed E-state index contributed by atoms with van der Waals surface area (Å²) in [4.78, 5) is 0. The van der Waals surface area contributed by atoms with E-state index in [0.717, 1.165) is 41.4 Å². The topological polar surface area (TPSA) is 47.0 Å². The van der Waals surface area contributed by atoms with E-state index in [1.54, 1.807) is 7.11 Å². The molecule has 0 atom stereocenters. The van der Waals surface area contributed by atoms with Crippen molar-refractivity contribution >= 4 is 5.82 Å². The lowest BCUT2D eigenvalue weighted by Crippen LogP contribution is -2.03. The molecule has 1 aromatic heterocycles. The molecule has 4 nitrogen and oxygen atoms in total. The third-order valence-corrected chi connectivity index (χ3v) is 3.14. The van der Waals surface area contributed by atoms with Crippen molar-refractivity contribution in [1.82, 2.24) is 10.2 Å². The highest BCUT2D eigenvalue weighted by atomic mass is 16.5. The molecule has 106 valence electrons. The fraction of sp³-hybridized carbons (Fsp3) is 0.375. The van der Waals surface area contributed by atoms with Crippen LogP contribution in [0.5, 0.6) is 5.75 Å². The summed E-state index contributed by atoms with van der Waals surface area (Å²) >= 11 is 0. The number of benzene rings is 1. The van der Waals surface area contributed by atoms with Crippen LogP contribution in [0.2, 0.25) is 0 Å². The van der Waals surface area contributed by atoms with E-state index in [9.17, 15) is 0 Å². The summed E-state index contributed by atoms with van der Waals surface area (Å²) in [5.41, 5.74) is 4.16. The molecular formula is C16H21N3O. The monoisotopic (exact) mass is 271 g/mol. The second-order valence-corrected chi connectivity index (χ2v) is 4.89. The molecule has 0 unspecified atom stereocenters. The number of ether oxygens (including phenoxy) is 1. The SMILES string of the molecule is CCCNc1ccc(-c2c(C)cc(C)cc2OC)nn1. The Labute approximate surface area is 120 Å². The number of anilines is 1. The zero-order valence-corrected chi connectivity index (χ0v) is 12.5. The van der Waals surface area contributed by atoms with E-state index in [-0.39, 0.29) is 0 Å². The Balaban J connectivity index is 2.36. The number of aryl methyl sites for hydroxylation is 2. The lowest BCUT2D eigenvalue weighted by atomic mass is 10.0. The summed E-state index contributed by atoms with van der Waals surface area (Å²) in [6, 6.07) is 8.08. The molecular weight excluding hydrogens is 250 g/mol. The van der Waals surface area contributed by atoms with Crippen LogP contribution >= 0.6 is 0 Å². The Bertz CT molecular complexity index is 579. The summed E-state index contributed by atoms with van der Waals surface area (Å²) in [7, 11) is 1.68. The van der Waals surface area contributed by atoms with Crippen molar-refractivity contribution in [2.45, 2.75) is 27.2 Å². The Hall–Kier alpha value is -2.10. The van der Waals surface area contributed by atoms with Crippen molar-refractivity contribution in [1.29, 1.82) is 0 Å². The number of methoxy groups -OCH3 is 1. The van der Waals surface area contributed by atoms with Crippen molar-refractivity contribution in [3.63, 3.8) is 0 Å². The van der Waals surface area contributed by atoms with Gasteiger partial charge in [-0.15, -0.1) is 10.2 Å². The summed E-state index contributed by atoms with van der Waals surface area (Å²) in [5.74, 6) is 1.64. The smallest absolute Gasteiger partial charge is 0.148 e. The Morgan fingerprint density at radius 2 is 1.95 bits per heavy atom. The lowest BCUT2D eigenvalue weighted by molar-refractivity contribution is 0.415. The first kappa shape index (κ1) is 14.3. The molecule has 2 aromatic rings. The number of nitrogens with one attached hydrogen (secondary N) is 1. The molecule has 1 heterocycles. The Morgan fingerprint density at radius 1 is 1.15 bits per heavy atom. The first-order chi connectivity index (χ1) is 9.65. The van der Waals surface area contributed by atoms with Crippen LogP contribution in [0.1, 0.15) is 24.5 Å². The number of hydrogen-bond donors (Lipinski definition) is 1. The van der Waals surface area contributed by atoms with Crippen LogP contribution in [0.4, 0.5) is 5.82 Å². The van der Waals surface area contributed by atoms with Gasteiger partial charge in [-0.2, -0.15) is 0 Å². The largest absolute Gasteiger partial charge is 0.496 e. The van der Waals surface area contributed by atoms with Crippen LogP contribution in [0.25, 0.3) is 11.3 Å². The zero-order chi connectivity index (χ0) is 14.5. The van der Waals surface area contributed by atoms with Crippen LogP contribution in [0, 0.1) is 13.8 Å². The maximum absolute atomic E-state index is 5.47. The highest BCUT2D eigenvalue weighted by molar-refractivity contribution is 5.71. The van der Waals surface area contributed by atoms with Gasteiger partial charge in [-0.3, -0.25) is 0 Å². The summed E-state index contributed by atoms with van der Waals surface area (Å²) < 4.78 is 5.47. The molecule has 1 N–H and O–H groups in total. The van der Waals surface area contributed by atoms with E-state index in [1.807, 2.05) is 18.2 Å². The van der Waals surface area contributed by atoms with Crippen LogP contribution in [-0.4, -0.2) is 23.9 Å². The fourth-order valence-electron chi connectivity index (χ4n) is 2.23. The molecule has 1 aromatic carbocycles. The van der Waals surface area contributed by atoms with Crippen LogP contribution in [-0.2, 0) is 0 Å². The molecule has 0 bridgehead atoms. The van der Waals surface area contributed by atoms with Crippen LogP contribution in [0.15, 0.2) is 24.3 Å². The van der Waals surface area contributed by atoms with Gasteiger partial charge in [0.05, 0.1) is 12.8 Å². The van der Waals surface area contributed by atoms with Crippen molar-refractivity contribution in [2.75, 3.05) is 19.0 Å². The maximum Gasteiger partial charge on any atom is 0.148 e. The third-order valence-electron chi connectivity index (χ3n) is 3.14. The highest BCUT2D eigenvalue weighted by Gasteiger charge is 2.12. The van der Waals surface area contributed by atoms with Crippen molar-refractivity contribution < 1.29 is 4.74 Å². The van der Waals surface area contributed by atoms with Crippen LogP contribution in [0.3, 0.4) is 0 Å². The molecule has 0 spiro atoms. The van der Waals surface area contributed by atoms with E-state index < -0.39 is 0 Å². The van der Waals surface area contributed by atoms with Gasteiger partial charge in [0.2, 0.25) is 0 Å². The molecule has 0 fully saturated rings. The van der Waals surface area contributed by atoms with E-state index in [2.05, 4.69) is 42.4 Å². The number of aromatic nitrogens is 2. The molecule has 20 heavy (non-hydrogen) atoms. The van der Waals surface area contributed by atoms with E-state index >= 15 is 0 Å². The first-order valence-corrected chi connectivity index (χ1v) is 6.89. The van der Waals surface area contributed by atoms with Gasteiger partial charge in [-0.1, -0.05) is 13.0 Å². The molecule has 0 amide bonds. The van der Waals surface area contributed by atoms with Gasteiger partial charge >= 0.3 is 0 Å². The minimum Gasteiger partial charge on any atom is -0.496 e. The van der Waals surface area contributed by atoms with Gasteiger partial charge in [0, 0.05) is 12.1 Å². The molecule has 2 rings (SSSR count). The first-order valence-electron chi connectivity index (χ1n) is 6.89. The average molecular weight is 271 g/mol. The minimum absolute atomic E-state index is 0.805. The van der Waals surface area contributed by atoms with E-state index in [0.29, 0.717) is 0 Å². The van der Waals surface area contributed by atoms with Gasteiger partial charge in [0.1, 0.15) is 11.6 Å². The van der Waals surface area contributed by atoms with Gasteiger partial charge in [0.15, 0.2) is 0 Å². The second-order valence-electron chi connectivity index (χ2n) is 4.89. The normalized spacial score (nSPS) is 10.4. The van der Waals surface area contributed by atoms with Gasteiger partial charge < -0.3 is 10.1 Å². The molecule has 0 saturated carbocycles. The molecule has 0 aliphatic rings. The van der Waals surface area contributed by atoms with E-state index in [1.165, 1.54) is 5.56 Å². The maximum atomic E-state index is 5.47. The number of nitrogens with zero attached hydrogens (tertiary/aromatic N) is 2. The summed E-state index contributed by atoms with van der Waals surface area (Å²) in [5, 5.41) is 11.7. The molecule has 4 heteroatoms. The average Bonchev–Trinajstić information content (AvgIpc) is 2.45. The van der Waals surface area contributed by atoms with Gasteiger partial charge in [-0.05, 0) is 49.6 Å². The second kappa shape index (κ2) is 6.37. The Morgan fingerprint density at radius 3 is 2.55 bits per heavy atom. The fourth-order valence-corrected chi connectivity index (χ4v) is 2.23. The molecule has 0 aliphatic heterocycles. The summed E-state index contributed by atoms with van der Waals surface area (Å²) in [6.07, 6.45) is 1.06. The predicted octanol–water partition coefficient (Wildman–Crippen LogP) is 3.59. The van der Waals surface area contributed by atoms with Crippen LogP contribution < -0.4 is 10.1 Å². The Kier molecular flexibility index (Phi) is 4.56. The summed E-state index contributed by atoms with van der Waals surface area (Å²) in [6.45, 7) is 7.15. The van der Waals surface area contributed by atoms with Crippen molar-refractivity contribution in [2.24, 2.45) is 0 Å². The van der Waals surface area contributed by atoms with Gasteiger partial charge in [0.25, 0.3) is 0 Å². The quantitative estimate of drug-likeness (QED) is 0.902. The predicted molar refractivity (Wildman–Crippen MR) is 82.3 cm³/mol. The van der Waals surface area contributed by atoms with Gasteiger partial charge in [-0.25, -0.2) is 0 Å².